The number of nitrogens with two attached hydrogens (primary N) is 1. The minimum Gasteiger partial charge on any atom is -0.253 e. The number of allylic oxidation sites excluding steroid dienone is 1. The zero-order valence-electron chi connectivity index (χ0n) is 3.89. The van der Waals surface area contributed by atoms with E-state index in [0.29, 0.717) is 6.54 Å². The van der Waals surface area contributed by atoms with Crippen LogP contribution in [0.2, 0.25) is 0 Å². The van der Waals surface area contributed by atoms with Gasteiger partial charge in [0, 0.05) is 6.54 Å². The quantitative estimate of drug-likeness (QED) is 0.287. The predicted octanol–water partition coefficient (Wildman–Crippen LogP) is 0.0406. The van der Waals surface area contributed by atoms with E-state index in [1.165, 1.54) is 0 Å². The molecule has 0 atom stereocenters. The fourth-order valence-electron chi connectivity index (χ4n) is 0.166. The highest BCUT2D eigenvalue weighted by Crippen LogP contribution is 1.61. The van der Waals surface area contributed by atoms with Crippen molar-refractivity contribution < 1.29 is 0 Å². The molecule has 0 aromatic heterocycles. The van der Waals surface area contributed by atoms with E-state index in [1.807, 2.05) is 19.1 Å². The van der Waals surface area contributed by atoms with Crippen molar-refractivity contribution in [1.29, 1.82) is 0 Å². The molecule has 0 aliphatic heterocycles. The van der Waals surface area contributed by atoms with Gasteiger partial charge in [-0.05, 0) is 6.92 Å². The second-order valence-corrected chi connectivity index (χ2v) is 0.934. The molecule has 0 saturated carbocycles. The summed E-state index contributed by atoms with van der Waals surface area (Å²) in [5, 5.41) is 0. The van der Waals surface area contributed by atoms with Crippen LogP contribution in [0.3, 0.4) is 0 Å². The molecule has 6 heavy (non-hydrogen) atoms. The van der Waals surface area contributed by atoms with Gasteiger partial charge in [-0.2, -0.15) is 5.43 Å². The predicted molar refractivity (Wildman–Crippen MR) is 26.0 cm³/mol. The van der Waals surface area contributed by atoms with Gasteiger partial charge in [-0.1, -0.05) is 12.2 Å². The maximum atomic E-state index is 4.79. The molecule has 0 fully saturated rings. The summed E-state index contributed by atoms with van der Waals surface area (Å²) in [6.45, 7) is 2.57. The first-order valence-corrected chi connectivity index (χ1v) is 1.89. The fraction of sp³-hybridized carbons (Fsp3) is 0.500. The molecular formula is C4H9N2. The van der Waals surface area contributed by atoms with E-state index in [9.17, 15) is 0 Å². The Morgan fingerprint density at radius 3 is 2.67 bits per heavy atom. The lowest BCUT2D eigenvalue weighted by Gasteiger charge is -1.78. The summed E-state index contributed by atoms with van der Waals surface area (Å²) in [5.41, 5.74) is 3.34. The van der Waals surface area contributed by atoms with Gasteiger partial charge in [0.25, 0.3) is 0 Å². The second kappa shape index (κ2) is 4.66. The zero-order chi connectivity index (χ0) is 4.83. The third kappa shape index (κ3) is 3.66. The molecule has 0 saturated heterocycles. The Kier molecular flexibility index (Phi) is 4.40. The molecule has 2 heteroatoms. The van der Waals surface area contributed by atoms with Crippen LogP contribution in [0, 0.1) is 0 Å². The van der Waals surface area contributed by atoms with Crippen LogP contribution in [0.25, 0.3) is 0 Å². The summed E-state index contributed by atoms with van der Waals surface area (Å²) >= 11 is 0. The summed E-state index contributed by atoms with van der Waals surface area (Å²) in [5.74, 6) is 4.79. The van der Waals surface area contributed by atoms with Gasteiger partial charge in [-0.25, -0.2) is 0 Å². The van der Waals surface area contributed by atoms with Crippen LogP contribution in [-0.2, 0) is 0 Å². The lowest BCUT2D eigenvalue weighted by molar-refractivity contribution is 0.803. The van der Waals surface area contributed by atoms with Crippen molar-refractivity contribution in [2.45, 2.75) is 6.92 Å². The molecule has 0 rings (SSSR count). The molecule has 0 heterocycles. The van der Waals surface area contributed by atoms with Crippen molar-refractivity contribution in [3.63, 3.8) is 0 Å². The van der Waals surface area contributed by atoms with Gasteiger partial charge in [0.1, 0.15) is 0 Å². The van der Waals surface area contributed by atoms with E-state index in [4.69, 9.17) is 5.84 Å². The van der Waals surface area contributed by atoms with Gasteiger partial charge >= 0.3 is 0 Å². The summed E-state index contributed by atoms with van der Waals surface area (Å²) in [6, 6.07) is 0. The molecule has 0 bridgehead atoms. The Morgan fingerprint density at radius 1 is 1.83 bits per heavy atom. The number of hydrogen-bond donors (Lipinski definition) is 1. The normalized spacial score (nSPS) is 10.3. The molecular weight excluding hydrogens is 76.1 g/mol. The van der Waals surface area contributed by atoms with Crippen molar-refractivity contribution in [1.82, 2.24) is 5.43 Å². The first-order chi connectivity index (χ1) is 2.91. The molecule has 2 N–H and O–H groups in total. The van der Waals surface area contributed by atoms with E-state index in [0.717, 1.165) is 0 Å². The molecule has 0 aromatic carbocycles. The van der Waals surface area contributed by atoms with Crippen LogP contribution in [-0.4, -0.2) is 6.54 Å². The molecule has 0 aliphatic rings. The number of nitrogens with zero attached hydrogens (tertiary/aromatic N) is 1. The van der Waals surface area contributed by atoms with Crippen LogP contribution in [0.4, 0.5) is 0 Å². The standard InChI is InChI=1S/C4H9N2/c1-2-3-4-6-5/h2-3H,4-5H2,1H3/b3-2+. The van der Waals surface area contributed by atoms with Crippen LogP contribution in [0.1, 0.15) is 6.92 Å². The highest BCUT2D eigenvalue weighted by molar-refractivity contribution is 4.77. The van der Waals surface area contributed by atoms with Gasteiger partial charge in [0.2, 0.25) is 0 Å². The van der Waals surface area contributed by atoms with E-state index in [2.05, 4.69) is 5.43 Å². The topological polar surface area (TPSA) is 40.1 Å². The Morgan fingerprint density at radius 2 is 2.50 bits per heavy atom. The van der Waals surface area contributed by atoms with E-state index < -0.39 is 0 Å². The van der Waals surface area contributed by atoms with Crippen molar-refractivity contribution >= 4 is 0 Å². The Hall–Kier alpha value is -0.340. The van der Waals surface area contributed by atoms with Crippen LogP contribution in [0.15, 0.2) is 12.2 Å². The van der Waals surface area contributed by atoms with E-state index in [1.54, 1.807) is 0 Å². The summed E-state index contributed by atoms with van der Waals surface area (Å²) in [4.78, 5) is 0. The average Bonchev–Trinajstić information content (AvgIpc) is 1.61. The first-order valence-electron chi connectivity index (χ1n) is 1.89. The third-order valence-electron chi connectivity index (χ3n) is 0.447. The molecule has 0 aromatic rings. The lowest BCUT2D eigenvalue weighted by atomic mass is 10.5. The number of hydrogen-bond acceptors (Lipinski definition) is 1. The SMILES string of the molecule is C/C=C/C[N]N. The maximum Gasteiger partial charge on any atom is 0.0482 e. The molecule has 0 amide bonds. The zero-order valence-corrected chi connectivity index (χ0v) is 3.89. The van der Waals surface area contributed by atoms with Crippen molar-refractivity contribution in [2.75, 3.05) is 6.54 Å². The van der Waals surface area contributed by atoms with Crippen LogP contribution < -0.4 is 11.3 Å². The largest absolute Gasteiger partial charge is 0.253 e. The highest BCUT2D eigenvalue weighted by Gasteiger charge is 1.63. The van der Waals surface area contributed by atoms with Crippen LogP contribution in [0.5, 0.6) is 0 Å². The van der Waals surface area contributed by atoms with Gasteiger partial charge in [-0.15, -0.1) is 0 Å². The summed E-state index contributed by atoms with van der Waals surface area (Å²) in [7, 11) is 0. The van der Waals surface area contributed by atoms with Crippen molar-refractivity contribution in [2.24, 2.45) is 5.84 Å². The molecule has 0 spiro atoms. The molecule has 0 unspecified atom stereocenters. The van der Waals surface area contributed by atoms with Gasteiger partial charge in [0.05, 0.1) is 0 Å². The first kappa shape index (κ1) is 5.66. The number of rotatable bonds is 2. The van der Waals surface area contributed by atoms with Crippen LogP contribution >= 0.6 is 0 Å². The van der Waals surface area contributed by atoms with E-state index >= 15 is 0 Å². The van der Waals surface area contributed by atoms with Gasteiger partial charge < -0.3 is 0 Å². The summed E-state index contributed by atoms with van der Waals surface area (Å²) in [6.07, 6.45) is 3.80. The maximum absolute atomic E-state index is 4.79. The Bertz CT molecular complexity index is 40.8. The smallest absolute Gasteiger partial charge is 0.0482 e. The van der Waals surface area contributed by atoms with Gasteiger partial charge in [0.15, 0.2) is 0 Å². The van der Waals surface area contributed by atoms with E-state index in [-0.39, 0.29) is 0 Å². The summed E-state index contributed by atoms with van der Waals surface area (Å²) < 4.78 is 0. The second-order valence-electron chi connectivity index (χ2n) is 0.934. The lowest BCUT2D eigenvalue weighted by Crippen LogP contribution is -2.11. The monoisotopic (exact) mass is 85.1 g/mol. The van der Waals surface area contributed by atoms with Crippen molar-refractivity contribution in [3.05, 3.63) is 12.2 Å². The fourth-order valence-corrected chi connectivity index (χ4v) is 0.166. The Balaban J connectivity index is 2.66. The molecule has 35 valence electrons. The minimum atomic E-state index is 0.635. The highest BCUT2D eigenvalue weighted by atomic mass is 15.2. The van der Waals surface area contributed by atoms with Crippen molar-refractivity contribution in [3.8, 4) is 0 Å². The van der Waals surface area contributed by atoms with Gasteiger partial charge in [-0.3, -0.25) is 5.84 Å². The third-order valence-corrected chi connectivity index (χ3v) is 0.447. The minimum absolute atomic E-state index is 0.635. The Labute approximate surface area is 38.0 Å². The molecule has 1 radical (unpaired) electrons. The average molecular weight is 85.1 g/mol. The molecule has 0 aliphatic carbocycles. The molecule has 2 nitrogen and oxygen atoms in total.